The maximum Gasteiger partial charge on any atom is 0.269 e. The third kappa shape index (κ3) is 5.27. The number of benzene rings is 2. The van der Waals surface area contributed by atoms with Crippen LogP contribution in [0.4, 0.5) is 15.8 Å². The third-order valence-electron chi connectivity index (χ3n) is 5.91. The average molecular weight is 505 g/mol. The highest BCUT2D eigenvalue weighted by atomic mass is 32.2. The van der Waals surface area contributed by atoms with Gasteiger partial charge in [-0.05, 0) is 42.6 Å². The summed E-state index contributed by atoms with van der Waals surface area (Å²) >= 11 is 1.55. The van der Waals surface area contributed by atoms with Gasteiger partial charge >= 0.3 is 0 Å². The number of halogens is 1. The summed E-state index contributed by atoms with van der Waals surface area (Å²) in [5.74, 6) is -0.255. The number of nitrogens with zero attached hydrogens (tertiary/aromatic N) is 3. The lowest BCUT2D eigenvalue weighted by Crippen LogP contribution is -2.52. The lowest BCUT2D eigenvalue weighted by Gasteiger charge is -2.42. The van der Waals surface area contributed by atoms with E-state index < -0.39 is 21.0 Å². The van der Waals surface area contributed by atoms with Crippen molar-refractivity contribution in [3.63, 3.8) is 0 Å². The van der Waals surface area contributed by atoms with E-state index in [0.29, 0.717) is 31.9 Å². The Labute approximate surface area is 201 Å². The molecule has 1 aliphatic heterocycles. The van der Waals surface area contributed by atoms with E-state index in [9.17, 15) is 22.9 Å². The molecule has 1 N–H and O–H groups in total. The number of hydrogen-bond acceptors (Lipinski definition) is 7. The SMILES string of the molecule is CC(NS(=O)(=O)c1ccc([N+](=O)[O-])cc1)C(c1cccs1)N1CCN(c2ccccc2F)CC1. The number of sulfonamides is 1. The second kappa shape index (κ2) is 10.2. The van der Waals surface area contributed by atoms with Crippen LogP contribution in [0.25, 0.3) is 0 Å². The number of rotatable bonds is 8. The summed E-state index contributed by atoms with van der Waals surface area (Å²) in [4.78, 5) is 15.5. The quantitative estimate of drug-likeness (QED) is 0.368. The van der Waals surface area contributed by atoms with Gasteiger partial charge in [-0.25, -0.2) is 17.5 Å². The summed E-state index contributed by atoms with van der Waals surface area (Å²) in [7, 11) is -3.89. The zero-order valence-electron chi connectivity index (χ0n) is 18.5. The summed E-state index contributed by atoms with van der Waals surface area (Å²) in [5.41, 5.74) is 0.401. The van der Waals surface area contributed by atoms with Crippen LogP contribution in [-0.2, 0) is 10.0 Å². The molecule has 0 aliphatic carbocycles. The van der Waals surface area contributed by atoms with E-state index in [0.717, 1.165) is 4.88 Å². The zero-order chi connectivity index (χ0) is 24.3. The molecule has 2 unspecified atom stereocenters. The minimum Gasteiger partial charge on any atom is -0.367 e. The number of nitro benzene ring substituents is 1. The fourth-order valence-corrected chi connectivity index (χ4v) is 6.49. The van der Waals surface area contributed by atoms with E-state index in [4.69, 9.17) is 0 Å². The molecule has 34 heavy (non-hydrogen) atoms. The predicted molar refractivity (Wildman–Crippen MR) is 130 cm³/mol. The van der Waals surface area contributed by atoms with Crippen molar-refractivity contribution in [3.05, 3.63) is 86.9 Å². The van der Waals surface area contributed by atoms with Crippen LogP contribution in [0.5, 0.6) is 0 Å². The van der Waals surface area contributed by atoms with Crippen LogP contribution in [0, 0.1) is 15.9 Å². The molecule has 4 rings (SSSR count). The van der Waals surface area contributed by atoms with Gasteiger partial charge in [0.05, 0.1) is 21.5 Å². The normalized spacial score (nSPS) is 16.8. The van der Waals surface area contributed by atoms with E-state index in [1.807, 2.05) is 35.4 Å². The molecule has 1 aromatic heterocycles. The Balaban J connectivity index is 1.50. The first-order valence-corrected chi connectivity index (χ1v) is 13.2. The highest BCUT2D eigenvalue weighted by Gasteiger charge is 2.33. The number of hydrogen-bond donors (Lipinski definition) is 1. The van der Waals surface area contributed by atoms with Crippen LogP contribution >= 0.6 is 11.3 Å². The molecular weight excluding hydrogens is 479 g/mol. The maximum atomic E-state index is 14.2. The van der Waals surface area contributed by atoms with Crippen molar-refractivity contribution in [1.29, 1.82) is 0 Å². The lowest BCUT2D eigenvalue weighted by molar-refractivity contribution is -0.384. The van der Waals surface area contributed by atoms with Gasteiger partial charge in [0.1, 0.15) is 5.82 Å². The molecule has 1 fully saturated rings. The van der Waals surface area contributed by atoms with Crippen LogP contribution in [-0.4, -0.2) is 50.5 Å². The highest BCUT2D eigenvalue weighted by molar-refractivity contribution is 7.89. The molecule has 2 aromatic carbocycles. The van der Waals surface area contributed by atoms with Gasteiger partial charge < -0.3 is 4.90 Å². The fraction of sp³-hybridized carbons (Fsp3) is 0.304. The number of piperazine rings is 1. The molecule has 8 nitrogen and oxygen atoms in total. The molecule has 1 aliphatic rings. The monoisotopic (exact) mass is 504 g/mol. The Hall–Kier alpha value is -2.86. The first-order valence-electron chi connectivity index (χ1n) is 10.8. The smallest absolute Gasteiger partial charge is 0.269 e. The number of nitrogens with one attached hydrogen (secondary N) is 1. The van der Waals surface area contributed by atoms with Crippen molar-refractivity contribution in [2.45, 2.75) is 23.9 Å². The van der Waals surface area contributed by atoms with Crippen molar-refractivity contribution in [3.8, 4) is 0 Å². The molecule has 3 aromatic rings. The van der Waals surface area contributed by atoms with Crippen molar-refractivity contribution in [2.75, 3.05) is 31.1 Å². The van der Waals surface area contributed by atoms with Crippen molar-refractivity contribution in [2.24, 2.45) is 0 Å². The molecule has 0 spiro atoms. The molecule has 11 heteroatoms. The third-order valence-corrected chi connectivity index (χ3v) is 8.43. The minimum absolute atomic E-state index is 0.0285. The van der Waals surface area contributed by atoms with Crippen LogP contribution in [0.3, 0.4) is 0 Å². The van der Waals surface area contributed by atoms with Crippen LogP contribution in [0.1, 0.15) is 17.8 Å². The number of thiophene rings is 1. The largest absolute Gasteiger partial charge is 0.367 e. The average Bonchev–Trinajstić information content (AvgIpc) is 3.34. The molecule has 0 saturated carbocycles. The van der Waals surface area contributed by atoms with Crippen LogP contribution in [0.15, 0.2) is 70.9 Å². The summed E-state index contributed by atoms with van der Waals surface area (Å²) in [6.45, 7) is 4.33. The van der Waals surface area contributed by atoms with Crippen molar-refractivity contribution < 1.29 is 17.7 Å². The zero-order valence-corrected chi connectivity index (χ0v) is 20.1. The van der Waals surface area contributed by atoms with Gasteiger partial charge in [-0.1, -0.05) is 18.2 Å². The standard InChI is InChI=1S/C23H25FN4O4S2/c1-17(25-34(31,32)19-10-8-18(9-11-19)28(29)30)23(22-7-4-16-33-22)27-14-12-26(13-15-27)21-6-3-2-5-20(21)24/h2-11,16-17,23,25H,12-15H2,1H3. The second-order valence-corrected chi connectivity index (χ2v) is 10.8. The summed E-state index contributed by atoms with van der Waals surface area (Å²) in [6.07, 6.45) is 0. The molecule has 2 heterocycles. The van der Waals surface area contributed by atoms with Gasteiger partial charge in [-0.3, -0.25) is 15.0 Å². The Morgan fingerprint density at radius 2 is 1.71 bits per heavy atom. The lowest BCUT2D eigenvalue weighted by atomic mass is 10.1. The van der Waals surface area contributed by atoms with E-state index >= 15 is 0 Å². The van der Waals surface area contributed by atoms with Gasteiger partial charge in [0.15, 0.2) is 0 Å². The Kier molecular flexibility index (Phi) is 7.27. The van der Waals surface area contributed by atoms with E-state index in [2.05, 4.69) is 9.62 Å². The van der Waals surface area contributed by atoms with E-state index in [1.54, 1.807) is 23.5 Å². The first-order chi connectivity index (χ1) is 16.3. The summed E-state index contributed by atoms with van der Waals surface area (Å²) < 4.78 is 43.0. The maximum absolute atomic E-state index is 14.2. The van der Waals surface area contributed by atoms with Gasteiger partial charge in [0.25, 0.3) is 5.69 Å². The van der Waals surface area contributed by atoms with Crippen LogP contribution < -0.4 is 9.62 Å². The number of non-ortho nitro benzene ring substituents is 1. The highest BCUT2D eigenvalue weighted by Crippen LogP contribution is 2.31. The summed E-state index contributed by atoms with van der Waals surface area (Å²) in [6, 6.07) is 14.8. The molecular formula is C23H25FN4O4S2. The van der Waals surface area contributed by atoms with Gasteiger partial charge in [-0.2, -0.15) is 0 Å². The van der Waals surface area contributed by atoms with Crippen molar-refractivity contribution >= 4 is 32.7 Å². The first kappa shape index (κ1) is 24.3. The van der Waals surface area contributed by atoms with E-state index in [1.165, 1.54) is 30.3 Å². The topological polar surface area (TPSA) is 95.8 Å². The summed E-state index contributed by atoms with van der Waals surface area (Å²) in [5, 5.41) is 12.8. The molecule has 1 saturated heterocycles. The molecule has 0 amide bonds. The predicted octanol–water partition coefficient (Wildman–Crippen LogP) is 4.03. The Morgan fingerprint density at radius 3 is 2.29 bits per heavy atom. The van der Waals surface area contributed by atoms with Gasteiger partial charge in [-0.15, -0.1) is 11.3 Å². The number of nitro groups is 1. The minimum atomic E-state index is -3.89. The molecule has 0 bridgehead atoms. The number of anilines is 1. The number of para-hydroxylation sites is 1. The second-order valence-electron chi connectivity index (χ2n) is 8.10. The van der Waals surface area contributed by atoms with Crippen molar-refractivity contribution in [1.82, 2.24) is 9.62 Å². The Morgan fingerprint density at radius 1 is 1.03 bits per heavy atom. The fourth-order valence-electron chi connectivity index (χ4n) is 4.28. The van der Waals surface area contributed by atoms with Gasteiger partial charge in [0.2, 0.25) is 10.0 Å². The molecule has 180 valence electrons. The molecule has 0 radical (unpaired) electrons. The van der Waals surface area contributed by atoms with E-state index in [-0.39, 0.29) is 22.4 Å². The van der Waals surface area contributed by atoms with Gasteiger partial charge in [0, 0.05) is 49.2 Å². The molecule has 2 atom stereocenters. The van der Waals surface area contributed by atoms with Crippen LogP contribution in [0.2, 0.25) is 0 Å². The Bertz CT molecular complexity index is 1230.